The van der Waals surface area contributed by atoms with Crippen LogP contribution in [0.5, 0.6) is 0 Å². The zero-order valence-corrected chi connectivity index (χ0v) is 17.6. The summed E-state index contributed by atoms with van der Waals surface area (Å²) >= 11 is 0. The summed E-state index contributed by atoms with van der Waals surface area (Å²) in [7, 11) is -5.33. The first-order valence-corrected chi connectivity index (χ1v) is 11.2. The van der Waals surface area contributed by atoms with Gasteiger partial charge < -0.3 is 14.9 Å². The minimum atomic E-state index is -5.33. The van der Waals surface area contributed by atoms with Gasteiger partial charge >= 0.3 is 21.6 Å². The number of pyridine rings is 1. The number of alkyl halides is 3. The molecule has 4 rings (SSSR count). The summed E-state index contributed by atoms with van der Waals surface area (Å²) in [5.74, 6) is 0.601. The lowest BCUT2D eigenvalue weighted by Crippen LogP contribution is -2.52. The number of nitrogens with zero attached hydrogens (tertiary/aromatic N) is 5. The van der Waals surface area contributed by atoms with Crippen LogP contribution in [0, 0.1) is 0 Å². The molecule has 2 aromatic rings. The molecule has 9 nitrogen and oxygen atoms in total. The predicted molar refractivity (Wildman–Crippen MR) is 112 cm³/mol. The fourth-order valence-corrected chi connectivity index (χ4v) is 4.79. The van der Waals surface area contributed by atoms with E-state index in [4.69, 9.17) is 0 Å². The first-order valence-electron chi connectivity index (χ1n) is 9.74. The summed E-state index contributed by atoms with van der Waals surface area (Å²) in [5.41, 5.74) is -3.39. The lowest BCUT2D eigenvalue weighted by Gasteiger charge is -2.37. The van der Waals surface area contributed by atoms with Crippen LogP contribution in [-0.4, -0.2) is 73.7 Å². The molecule has 172 valence electrons. The van der Waals surface area contributed by atoms with Crippen molar-refractivity contribution in [3.8, 4) is 0 Å². The number of sulfonamides is 1. The van der Waals surface area contributed by atoms with Gasteiger partial charge in [-0.1, -0.05) is 12.1 Å². The number of halogens is 3. The number of amides is 1. The van der Waals surface area contributed by atoms with Crippen molar-refractivity contribution in [2.24, 2.45) is 0 Å². The molecule has 1 amide bonds. The summed E-state index contributed by atoms with van der Waals surface area (Å²) in [4.78, 5) is 20.9. The Kier molecular flexibility index (Phi) is 5.63. The second-order valence-electron chi connectivity index (χ2n) is 7.29. The highest BCUT2D eigenvalue weighted by Gasteiger charge is 2.50. The highest BCUT2D eigenvalue weighted by atomic mass is 32.2. The number of fused-ring (bicyclic) bond motifs is 1. The lowest BCUT2D eigenvalue weighted by atomic mass is 10.1. The molecular weight excluding hydrogens is 451 g/mol. The van der Waals surface area contributed by atoms with Gasteiger partial charge in [0.25, 0.3) is 0 Å². The van der Waals surface area contributed by atoms with Crippen LogP contribution in [0.3, 0.4) is 0 Å². The largest absolute Gasteiger partial charge is 0.511 e. The topological polar surface area (TPSA) is 97.3 Å². The van der Waals surface area contributed by atoms with Crippen LogP contribution in [0.4, 0.5) is 40.8 Å². The minimum Gasteiger partial charge on any atom is -0.465 e. The average Bonchev–Trinajstić information content (AvgIpc) is 2.77. The van der Waals surface area contributed by atoms with Crippen molar-refractivity contribution in [3.05, 3.63) is 42.6 Å². The molecule has 0 radical (unpaired) electrons. The van der Waals surface area contributed by atoms with Crippen molar-refractivity contribution < 1.29 is 31.5 Å². The number of benzene rings is 1. The Morgan fingerprint density at radius 2 is 1.59 bits per heavy atom. The fraction of sp³-hybridized carbons (Fsp3) is 0.368. The maximum absolute atomic E-state index is 12.7. The van der Waals surface area contributed by atoms with Crippen molar-refractivity contribution in [1.82, 2.24) is 9.29 Å². The Balaban J connectivity index is 1.48. The van der Waals surface area contributed by atoms with Crippen LogP contribution in [0.1, 0.15) is 0 Å². The van der Waals surface area contributed by atoms with E-state index in [9.17, 15) is 31.5 Å². The van der Waals surface area contributed by atoms with Crippen molar-refractivity contribution in [2.45, 2.75) is 5.51 Å². The van der Waals surface area contributed by atoms with Gasteiger partial charge in [-0.05, 0) is 24.3 Å². The standard InChI is InChI=1S/C19H20F3N5O4S/c20-19(21,22)32(30,31)25-9-7-24(8-10-25)14-5-6-17(23-13-14)26-11-12-27(18(28)29)16-4-2-1-3-15(16)26/h1-6,13H,7-12H2,(H,28,29). The zero-order chi connectivity index (χ0) is 23.1. The maximum Gasteiger partial charge on any atom is 0.511 e. The molecular formula is C19H20F3N5O4S. The van der Waals surface area contributed by atoms with Crippen LogP contribution >= 0.6 is 0 Å². The van der Waals surface area contributed by atoms with E-state index in [0.717, 1.165) is 0 Å². The van der Waals surface area contributed by atoms with E-state index in [2.05, 4.69) is 4.98 Å². The maximum atomic E-state index is 12.7. The number of hydrogen-bond acceptors (Lipinski definition) is 6. The molecule has 13 heteroatoms. The molecule has 0 aliphatic carbocycles. The first-order chi connectivity index (χ1) is 15.1. The number of aromatic nitrogens is 1. The van der Waals surface area contributed by atoms with Gasteiger partial charge in [-0.15, -0.1) is 0 Å². The number of para-hydroxylation sites is 2. The second kappa shape index (κ2) is 8.13. The third-order valence-electron chi connectivity index (χ3n) is 5.49. The highest BCUT2D eigenvalue weighted by Crippen LogP contribution is 2.37. The number of hydrogen-bond donors (Lipinski definition) is 1. The number of piperazine rings is 1. The van der Waals surface area contributed by atoms with Crippen LogP contribution < -0.4 is 14.7 Å². The van der Waals surface area contributed by atoms with Gasteiger partial charge in [0.2, 0.25) is 0 Å². The zero-order valence-electron chi connectivity index (χ0n) is 16.7. The highest BCUT2D eigenvalue weighted by molar-refractivity contribution is 7.90. The van der Waals surface area contributed by atoms with E-state index in [1.165, 1.54) is 4.90 Å². The van der Waals surface area contributed by atoms with E-state index >= 15 is 0 Å². The molecule has 1 fully saturated rings. The van der Waals surface area contributed by atoms with Crippen LogP contribution in [-0.2, 0) is 10.0 Å². The van der Waals surface area contributed by atoms with E-state index in [1.807, 2.05) is 4.90 Å². The summed E-state index contributed by atoms with van der Waals surface area (Å²) in [6.07, 6.45) is 0.544. The molecule has 3 heterocycles. The molecule has 1 N–H and O–H groups in total. The van der Waals surface area contributed by atoms with Gasteiger partial charge in [-0.25, -0.2) is 18.2 Å². The number of rotatable bonds is 3. The third-order valence-corrected chi connectivity index (χ3v) is 7.12. The molecule has 32 heavy (non-hydrogen) atoms. The Labute approximate surface area is 182 Å². The van der Waals surface area contributed by atoms with E-state index in [-0.39, 0.29) is 32.7 Å². The molecule has 0 saturated carbocycles. The summed E-state index contributed by atoms with van der Waals surface area (Å²) in [6, 6.07) is 10.6. The van der Waals surface area contributed by atoms with Crippen molar-refractivity contribution >= 4 is 39.0 Å². The number of anilines is 4. The molecule has 1 aromatic heterocycles. The van der Waals surface area contributed by atoms with Crippen molar-refractivity contribution in [1.29, 1.82) is 0 Å². The normalized spacial score (nSPS) is 17.9. The molecule has 0 unspecified atom stereocenters. The first kappa shape index (κ1) is 22.1. The minimum absolute atomic E-state index is 0.108. The molecule has 1 saturated heterocycles. The van der Waals surface area contributed by atoms with Gasteiger partial charge in [-0.2, -0.15) is 17.5 Å². The third kappa shape index (κ3) is 3.93. The van der Waals surface area contributed by atoms with Crippen molar-refractivity contribution in [2.75, 3.05) is 54.0 Å². The predicted octanol–water partition coefficient (Wildman–Crippen LogP) is 2.69. The summed E-state index contributed by atoms with van der Waals surface area (Å²) < 4.78 is 61.8. The molecule has 1 aromatic carbocycles. The van der Waals surface area contributed by atoms with Gasteiger partial charge in [0, 0.05) is 39.3 Å². The van der Waals surface area contributed by atoms with Gasteiger partial charge in [0.1, 0.15) is 5.82 Å². The van der Waals surface area contributed by atoms with Gasteiger partial charge in [0.05, 0.1) is 23.3 Å². The molecule has 0 bridgehead atoms. The molecule has 0 spiro atoms. The number of carboxylic acid groups (broad SMARTS) is 1. The summed E-state index contributed by atoms with van der Waals surface area (Å²) in [6.45, 7) is 0.351. The lowest BCUT2D eigenvalue weighted by molar-refractivity contribution is -0.0490. The molecule has 2 aliphatic rings. The van der Waals surface area contributed by atoms with Crippen LogP contribution in [0.25, 0.3) is 0 Å². The van der Waals surface area contributed by atoms with Crippen molar-refractivity contribution in [3.63, 3.8) is 0 Å². The SMILES string of the molecule is O=C(O)N1CCN(c2ccc(N3CCN(S(=O)(=O)C(F)(F)F)CC3)cn2)c2ccccc21. The number of carbonyl (C=O) groups is 1. The second-order valence-corrected chi connectivity index (χ2v) is 9.22. The molecule has 2 aliphatic heterocycles. The Morgan fingerprint density at radius 1 is 0.938 bits per heavy atom. The van der Waals surface area contributed by atoms with Gasteiger partial charge in [-0.3, -0.25) is 4.90 Å². The Morgan fingerprint density at radius 3 is 2.16 bits per heavy atom. The Bertz CT molecular complexity index is 1100. The molecule has 0 atom stereocenters. The monoisotopic (exact) mass is 471 g/mol. The fourth-order valence-electron chi connectivity index (χ4n) is 3.86. The van der Waals surface area contributed by atoms with Gasteiger partial charge in [0.15, 0.2) is 0 Å². The summed E-state index contributed by atoms with van der Waals surface area (Å²) in [5, 5.41) is 9.42. The van der Waals surface area contributed by atoms with E-state index in [1.54, 1.807) is 47.5 Å². The quantitative estimate of drug-likeness (QED) is 0.735. The average molecular weight is 471 g/mol. The van der Waals surface area contributed by atoms with E-state index < -0.39 is 21.6 Å². The van der Waals surface area contributed by atoms with Crippen LogP contribution in [0.15, 0.2) is 42.6 Å². The van der Waals surface area contributed by atoms with Crippen LogP contribution in [0.2, 0.25) is 0 Å². The Hall–Kier alpha value is -3.06. The smallest absolute Gasteiger partial charge is 0.465 e. The van der Waals surface area contributed by atoms with E-state index in [0.29, 0.717) is 33.7 Å².